The van der Waals surface area contributed by atoms with Gasteiger partial charge in [0, 0.05) is 5.39 Å². The second kappa shape index (κ2) is 3.96. The van der Waals surface area contributed by atoms with E-state index in [1.807, 2.05) is 31.2 Å². The van der Waals surface area contributed by atoms with Crippen LogP contribution in [0.15, 0.2) is 29.1 Å². The van der Waals surface area contributed by atoms with Crippen LogP contribution in [0.5, 0.6) is 0 Å². The largest absolute Gasteiger partial charge is 0.296 e. The summed E-state index contributed by atoms with van der Waals surface area (Å²) in [5, 5.41) is 9.44. The van der Waals surface area contributed by atoms with E-state index < -0.39 is 0 Å². The molecule has 0 saturated carbocycles. The summed E-state index contributed by atoms with van der Waals surface area (Å²) in [7, 11) is 0. The zero-order valence-corrected chi connectivity index (χ0v) is 9.81. The van der Waals surface area contributed by atoms with E-state index in [1.165, 1.54) is 0 Å². The van der Waals surface area contributed by atoms with E-state index in [2.05, 4.69) is 10.4 Å². The van der Waals surface area contributed by atoms with E-state index in [9.17, 15) is 4.79 Å². The molecule has 0 radical (unpaired) electrons. The van der Waals surface area contributed by atoms with Gasteiger partial charge in [-0.05, 0) is 32.4 Å². The van der Waals surface area contributed by atoms with E-state index in [1.54, 1.807) is 4.68 Å². The van der Waals surface area contributed by atoms with E-state index in [-0.39, 0.29) is 11.7 Å². The summed E-state index contributed by atoms with van der Waals surface area (Å²) >= 11 is 0. The highest BCUT2D eigenvalue weighted by molar-refractivity contribution is 5.83. The molecule has 0 spiro atoms. The van der Waals surface area contributed by atoms with Gasteiger partial charge in [0.2, 0.25) is 0 Å². The molecule has 2 aromatic rings. The van der Waals surface area contributed by atoms with E-state index in [0.717, 1.165) is 35.9 Å². The van der Waals surface area contributed by atoms with Gasteiger partial charge in [-0.2, -0.15) is 5.10 Å². The zero-order valence-electron chi connectivity index (χ0n) is 9.81. The Morgan fingerprint density at radius 1 is 1.35 bits per heavy atom. The Labute approximate surface area is 99.3 Å². The Bertz CT molecular complexity index is 612. The van der Waals surface area contributed by atoms with Crippen LogP contribution in [0.3, 0.4) is 0 Å². The third-order valence-electron chi connectivity index (χ3n) is 3.34. The van der Waals surface area contributed by atoms with Crippen molar-refractivity contribution in [3.63, 3.8) is 0 Å². The van der Waals surface area contributed by atoms with Crippen molar-refractivity contribution in [2.45, 2.75) is 25.9 Å². The molecule has 0 bridgehead atoms. The number of aromatic nitrogens is 2. The Morgan fingerprint density at radius 3 is 2.82 bits per heavy atom. The zero-order chi connectivity index (χ0) is 11.8. The molecule has 1 atom stereocenters. The normalized spacial score (nSPS) is 19.9. The van der Waals surface area contributed by atoms with Crippen molar-refractivity contribution >= 4 is 10.8 Å². The maximum Gasteiger partial charge on any atom is 0.276 e. The molecule has 1 saturated heterocycles. The van der Waals surface area contributed by atoms with Crippen molar-refractivity contribution in [2.24, 2.45) is 0 Å². The van der Waals surface area contributed by atoms with Gasteiger partial charge in [0.05, 0.1) is 11.1 Å². The standard InChI is InChI=1S/C13H15N3O/c1-9-10-5-2-3-6-11(10)13(17)16(15-9)12-7-4-8-14-12/h2-3,5-6,12,14H,4,7-8H2,1H3. The number of nitrogens with zero attached hydrogens (tertiary/aromatic N) is 2. The Kier molecular flexibility index (Phi) is 2.44. The molecule has 0 aliphatic carbocycles. The van der Waals surface area contributed by atoms with Crippen LogP contribution < -0.4 is 10.9 Å². The van der Waals surface area contributed by atoms with E-state index >= 15 is 0 Å². The second-order valence-corrected chi connectivity index (χ2v) is 4.49. The smallest absolute Gasteiger partial charge is 0.276 e. The number of hydrogen-bond acceptors (Lipinski definition) is 3. The molecule has 1 aromatic heterocycles. The van der Waals surface area contributed by atoms with Gasteiger partial charge in [-0.1, -0.05) is 18.2 Å². The number of hydrogen-bond donors (Lipinski definition) is 1. The predicted octanol–water partition coefficient (Wildman–Crippen LogP) is 1.59. The first-order valence-electron chi connectivity index (χ1n) is 5.99. The number of aryl methyl sites for hydroxylation is 1. The molecule has 88 valence electrons. The lowest BCUT2D eigenvalue weighted by atomic mass is 10.1. The molecule has 1 N–H and O–H groups in total. The lowest BCUT2D eigenvalue weighted by Gasteiger charge is -2.14. The van der Waals surface area contributed by atoms with Crippen molar-refractivity contribution in [3.05, 3.63) is 40.3 Å². The highest BCUT2D eigenvalue weighted by Crippen LogP contribution is 2.17. The van der Waals surface area contributed by atoms with Gasteiger partial charge in [0.15, 0.2) is 0 Å². The summed E-state index contributed by atoms with van der Waals surface area (Å²) in [4.78, 5) is 12.3. The Morgan fingerprint density at radius 2 is 2.12 bits per heavy atom. The lowest BCUT2D eigenvalue weighted by molar-refractivity contribution is 0.405. The molecular formula is C13H15N3O. The van der Waals surface area contributed by atoms with Crippen LogP contribution >= 0.6 is 0 Å². The SMILES string of the molecule is Cc1nn(C2CCCN2)c(=O)c2ccccc12. The fourth-order valence-corrected chi connectivity index (χ4v) is 2.46. The molecule has 0 amide bonds. The summed E-state index contributed by atoms with van der Waals surface area (Å²) in [6, 6.07) is 7.66. The molecule has 1 aliphatic heterocycles. The summed E-state index contributed by atoms with van der Waals surface area (Å²) in [5.74, 6) is 0. The second-order valence-electron chi connectivity index (χ2n) is 4.49. The molecule has 17 heavy (non-hydrogen) atoms. The van der Waals surface area contributed by atoms with Gasteiger partial charge >= 0.3 is 0 Å². The molecule has 4 heteroatoms. The van der Waals surface area contributed by atoms with Crippen molar-refractivity contribution in [3.8, 4) is 0 Å². The maximum absolute atomic E-state index is 12.3. The van der Waals surface area contributed by atoms with E-state index in [0.29, 0.717) is 0 Å². The van der Waals surface area contributed by atoms with Crippen molar-refractivity contribution < 1.29 is 0 Å². The van der Waals surface area contributed by atoms with Crippen LogP contribution in [0.2, 0.25) is 0 Å². The Balaban J connectivity index is 2.26. The van der Waals surface area contributed by atoms with Crippen LogP contribution in [-0.4, -0.2) is 16.3 Å². The first kappa shape index (κ1) is 10.5. The van der Waals surface area contributed by atoms with Crippen LogP contribution in [-0.2, 0) is 0 Å². The fourth-order valence-electron chi connectivity index (χ4n) is 2.46. The van der Waals surface area contributed by atoms with Gasteiger partial charge < -0.3 is 0 Å². The van der Waals surface area contributed by atoms with Gasteiger partial charge in [0.1, 0.15) is 6.17 Å². The van der Waals surface area contributed by atoms with Crippen LogP contribution in [0.1, 0.15) is 24.7 Å². The van der Waals surface area contributed by atoms with Crippen molar-refractivity contribution in [1.29, 1.82) is 0 Å². The first-order valence-corrected chi connectivity index (χ1v) is 5.99. The first-order chi connectivity index (χ1) is 8.27. The summed E-state index contributed by atoms with van der Waals surface area (Å²) in [6.45, 7) is 2.91. The number of nitrogens with one attached hydrogen (secondary N) is 1. The predicted molar refractivity (Wildman–Crippen MR) is 67.0 cm³/mol. The molecule has 1 fully saturated rings. The molecular weight excluding hydrogens is 214 g/mol. The lowest BCUT2D eigenvalue weighted by Crippen LogP contribution is -2.33. The highest BCUT2D eigenvalue weighted by atomic mass is 16.1. The van der Waals surface area contributed by atoms with Gasteiger partial charge in [-0.3, -0.25) is 10.1 Å². The van der Waals surface area contributed by atoms with Gasteiger partial charge in [-0.15, -0.1) is 0 Å². The third-order valence-corrected chi connectivity index (χ3v) is 3.34. The fraction of sp³-hybridized carbons (Fsp3) is 0.385. The summed E-state index contributed by atoms with van der Waals surface area (Å²) in [5.41, 5.74) is 0.916. The van der Waals surface area contributed by atoms with Gasteiger partial charge in [-0.25, -0.2) is 4.68 Å². The number of benzene rings is 1. The minimum Gasteiger partial charge on any atom is -0.296 e. The number of fused-ring (bicyclic) bond motifs is 1. The average molecular weight is 229 g/mol. The summed E-state index contributed by atoms with van der Waals surface area (Å²) in [6.07, 6.45) is 2.14. The number of rotatable bonds is 1. The molecule has 3 rings (SSSR count). The topological polar surface area (TPSA) is 46.9 Å². The molecule has 1 aromatic carbocycles. The highest BCUT2D eigenvalue weighted by Gasteiger charge is 2.19. The van der Waals surface area contributed by atoms with Crippen LogP contribution in [0.25, 0.3) is 10.8 Å². The Hall–Kier alpha value is -1.68. The van der Waals surface area contributed by atoms with Crippen molar-refractivity contribution in [1.82, 2.24) is 15.1 Å². The summed E-state index contributed by atoms with van der Waals surface area (Å²) < 4.78 is 1.60. The maximum atomic E-state index is 12.3. The van der Waals surface area contributed by atoms with Crippen molar-refractivity contribution in [2.75, 3.05) is 6.54 Å². The third kappa shape index (κ3) is 1.65. The van der Waals surface area contributed by atoms with Crippen LogP contribution in [0.4, 0.5) is 0 Å². The monoisotopic (exact) mass is 229 g/mol. The minimum atomic E-state index is 0.00519. The van der Waals surface area contributed by atoms with E-state index in [4.69, 9.17) is 0 Å². The minimum absolute atomic E-state index is 0.00519. The van der Waals surface area contributed by atoms with Gasteiger partial charge in [0.25, 0.3) is 5.56 Å². The molecule has 1 aliphatic rings. The average Bonchev–Trinajstić information content (AvgIpc) is 2.87. The molecule has 2 heterocycles. The molecule has 4 nitrogen and oxygen atoms in total. The molecule has 1 unspecified atom stereocenters. The van der Waals surface area contributed by atoms with Crippen LogP contribution in [0, 0.1) is 6.92 Å². The quantitative estimate of drug-likeness (QED) is 0.807.